The molecule has 0 fully saturated rings. The predicted molar refractivity (Wildman–Crippen MR) is 98.6 cm³/mol. The number of nitrogens with zero attached hydrogens (tertiary/aromatic N) is 4. The zero-order valence-electron chi connectivity index (χ0n) is 12.4. The summed E-state index contributed by atoms with van der Waals surface area (Å²) >= 11 is 0. The quantitative estimate of drug-likeness (QED) is 0.407. The van der Waals surface area contributed by atoms with Gasteiger partial charge in [-0.1, -0.05) is 28.5 Å². The largest absolute Gasteiger partial charge is 0.481 e. The number of carboxylic acid groups (broad SMARTS) is 1. The first-order chi connectivity index (χ1) is 11.2. The van der Waals surface area contributed by atoms with E-state index in [0.717, 1.165) is 21.8 Å². The Morgan fingerprint density at radius 3 is 1.57 bits per heavy atom. The molecule has 0 amide bonds. The maximum atomic E-state index is 9.37. The van der Waals surface area contributed by atoms with Gasteiger partial charge in [0.25, 0.3) is 0 Å². The van der Waals surface area contributed by atoms with E-state index in [-0.39, 0.29) is 6.42 Å². The van der Waals surface area contributed by atoms with Crippen molar-refractivity contribution >= 4 is 49.1 Å². The number of aliphatic carboxylic acids is 1. The standard InChI is InChI=1S/C10H10N4S4.C3H6O2/c1-3-11-9(12-4-1)17-15-7-8-16-18-10-13-5-2-6-14-10;1-2-3(4)5/h1-6H,7-8H2;2H2,1H3,(H,4,5). The fourth-order valence-electron chi connectivity index (χ4n) is 0.914. The molecule has 23 heavy (non-hydrogen) atoms. The van der Waals surface area contributed by atoms with E-state index in [1.54, 1.807) is 74.9 Å². The third-order valence-corrected chi connectivity index (χ3v) is 6.46. The molecule has 2 aromatic heterocycles. The van der Waals surface area contributed by atoms with E-state index in [1.165, 1.54) is 0 Å². The van der Waals surface area contributed by atoms with Crippen LogP contribution >= 0.6 is 43.2 Å². The van der Waals surface area contributed by atoms with Gasteiger partial charge in [-0.2, -0.15) is 0 Å². The van der Waals surface area contributed by atoms with Crippen molar-refractivity contribution in [2.45, 2.75) is 23.7 Å². The molecule has 0 radical (unpaired) electrons. The molecule has 0 aliphatic carbocycles. The van der Waals surface area contributed by atoms with Gasteiger partial charge < -0.3 is 5.11 Å². The molecule has 0 aromatic carbocycles. The van der Waals surface area contributed by atoms with Crippen LogP contribution in [0.2, 0.25) is 0 Å². The molecule has 10 heteroatoms. The molecule has 0 aliphatic rings. The van der Waals surface area contributed by atoms with Crippen molar-refractivity contribution in [3.05, 3.63) is 36.9 Å². The minimum atomic E-state index is -0.745. The predicted octanol–water partition coefficient (Wildman–Crippen LogP) is 3.93. The van der Waals surface area contributed by atoms with E-state index in [2.05, 4.69) is 19.9 Å². The van der Waals surface area contributed by atoms with Crippen LogP contribution in [0.5, 0.6) is 0 Å². The summed E-state index contributed by atoms with van der Waals surface area (Å²) in [5, 5.41) is 9.35. The first-order valence-corrected chi connectivity index (χ1v) is 11.2. The average Bonchev–Trinajstić information content (AvgIpc) is 2.60. The molecule has 0 aliphatic heterocycles. The molecule has 0 saturated carbocycles. The van der Waals surface area contributed by atoms with Gasteiger partial charge in [0.15, 0.2) is 10.3 Å². The van der Waals surface area contributed by atoms with Crippen molar-refractivity contribution in [2.24, 2.45) is 0 Å². The topological polar surface area (TPSA) is 88.9 Å². The van der Waals surface area contributed by atoms with Crippen molar-refractivity contribution in [3.8, 4) is 0 Å². The normalized spacial score (nSPS) is 9.78. The molecule has 0 spiro atoms. The zero-order chi connectivity index (χ0) is 16.8. The zero-order valence-corrected chi connectivity index (χ0v) is 15.6. The van der Waals surface area contributed by atoms with Crippen LogP contribution in [-0.2, 0) is 4.79 Å². The summed E-state index contributed by atoms with van der Waals surface area (Å²) in [5.74, 6) is 1.32. The Hall–Kier alpha value is -0.970. The molecule has 2 rings (SSSR count). The second-order valence-electron chi connectivity index (χ2n) is 3.62. The Morgan fingerprint density at radius 1 is 0.913 bits per heavy atom. The number of aromatic nitrogens is 4. The molecule has 1 N–H and O–H groups in total. The summed E-state index contributed by atoms with van der Waals surface area (Å²) in [7, 11) is 6.73. The Kier molecular flexibility index (Phi) is 11.8. The minimum absolute atomic E-state index is 0.222. The van der Waals surface area contributed by atoms with Gasteiger partial charge in [-0.3, -0.25) is 4.79 Å². The van der Waals surface area contributed by atoms with E-state index >= 15 is 0 Å². The van der Waals surface area contributed by atoms with Crippen molar-refractivity contribution in [1.82, 2.24) is 19.9 Å². The third-order valence-electron chi connectivity index (χ3n) is 1.90. The van der Waals surface area contributed by atoms with Crippen LogP contribution in [0.4, 0.5) is 0 Å². The van der Waals surface area contributed by atoms with Crippen molar-refractivity contribution < 1.29 is 9.90 Å². The highest BCUT2D eigenvalue weighted by Gasteiger charge is 1.99. The Balaban J connectivity index is 0.000000463. The van der Waals surface area contributed by atoms with Gasteiger partial charge in [0.2, 0.25) is 0 Å². The van der Waals surface area contributed by atoms with Crippen LogP contribution in [0, 0.1) is 0 Å². The van der Waals surface area contributed by atoms with E-state index in [1.807, 2.05) is 12.1 Å². The fraction of sp³-hybridized carbons (Fsp3) is 0.308. The second-order valence-corrected chi connectivity index (χ2v) is 8.39. The smallest absolute Gasteiger partial charge is 0.303 e. The van der Waals surface area contributed by atoms with Crippen molar-refractivity contribution in [3.63, 3.8) is 0 Å². The highest BCUT2D eigenvalue weighted by molar-refractivity contribution is 8.78. The third kappa shape index (κ3) is 11.2. The molecule has 124 valence electrons. The summed E-state index contributed by atoms with van der Waals surface area (Å²) in [4.78, 5) is 25.9. The molecular weight excluding hydrogens is 372 g/mol. The summed E-state index contributed by atoms with van der Waals surface area (Å²) in [6.45, 7) is 1.60. The lowest BCUT2D eigenvalue weighted by Crippen LogP contribution is -1.86. The Labute approximate surface area is 150 Å². The Morgan fingerprint density at radius 2 is 1.26 bits per heavy atom. The number of carboxylic acids is 1. The number of hydrogen-bond acceptors (Lipinski definition) is 9. The van der Waals surface area contributed by atoms with Crippen LogP contribution in [-0.4, -0.2) is 42.5 Å². The molecule has 0 unspecified atom stereocenters. The SMILES string of the molecule is CCC(=O)O.c1cnc(SSCCSSc2ncccn2)nc1. The first-order valence-electron chi connectivity index (χ1n) is 6.57. The first kappa shape index (κ1) is 20.1. The lowest BCUT2D eigenvalue weighted by Gasteiger charge is -1.99. The molecular formula is C13H16N4O2S4. The van der Waals surface area contributed by atoms with Crippen LogP contribution in [0.1, 0.15) is 13.3 Å². The van der Waals surface area contributed by atoms with Gasteiger partial charge in [0, 0.05) is 42.7 Å². The van der Waals surface area contributed by atoms with Gasteiger partial charge in [0.05, 0.1) is 0 Å². The highest BCUT2D eigenvalue weighted by Crippen LogP contribution is 2.32. The summed E-state index contributed by atoms with van der Waals surface area (Å²) in [5.41, 5.74) is 0. The van der Waals surface area contributed by atoms with Crippen LogP contribution in [0.3, 0.4) is 0 Å². The lowest BCUT2D eigenvalue weighted by atomic mass is 10.5. The van der Waals surface area contributed by atoms with Gasteiger partial charge in [-0.05, 0) is 33.7 Å². The van der Waals surface area contributed by atoms with Crippen LogP contribution < -0.4 is 0 Å². The molecule has 2 aromatic rings. The van der Waals surface area contributed by atoms with Crippen LogP contribution in [0.15, 0.2) is 47.2 Å². The van der Waals surface area contributed by atoms with Crippen molar-refractivity contribution in [2.75, 3.05) is 11.5 Å². The maximum absolute atomic E-state index is 9.37. The van der Waals surface area contributed by atoms with E-state index in [0.29, 0.717) is 0 Å². The second kappa shape index (κ2) is 13.5. The van der Waals surface area contributed by atoms with Gasteiger partial charge in [0.1, 0.15) is 0 Å². The number of carbonyl (C=O) groups is 1. The molecule has 2 heterocycles. The molecule has 0 bridgehead atoms. The maximum Gasteiger partial charge on any atom is 0.303 e. The minimum Gasteiger partial charge on any atom is -0.481 e. The average molecular weight is 389 g/mol. The molecule has 6 nitrogen and oxygen atoms in total. The fourth-order valence-corrected chi connectivity index (χ4v) is 5.12. The van der Waals surface area contributed by atoms with E-state index < -0.39 is 5.97 Å². The number of rotatable bonds is 8. The van der Waals surface area contributed by atoms with Gasteiger partial charge >= 0.3 is 5.97 Å². The Bertz CT molecular complexity index is 505. The summed E-state index contributed by atoms with van der Waals surface area (Å²) < 4.78 is 0. The summed E-state index contributed by atoms with van der Waals surface area (Å²) in [6, 6.07) is 3.64. The summed E-state index contributed by atoms with van der Waals surface area (Å²) in [6.07, 6.45) is 7.25. The highest BCUT2D eigenvalue weighted by atomic mass is 33.1. The lowest BCUT2D eigenvalue weighted by molar-refractivity contribution is -0.136. The van der Waals surface area contributed by atoms with Gasteiger partial charge in [-0.15, -0.1) is 0 Å². The van der Waals surface area contributed by atoms with Crippen LogP contribution in [0.25, 0.3) is 0 Å². The molecule has 0 atom stereocenters. The number of hydrogen-bond donors (Lipinski definition) is 1. The molecule has 0 saturated heterocycles. The van der Waals surface area contributed by atoms with E-state index in [9.17, 15) is 4.79 Å². The van der Waals surface area contributed by atoms with Crippen molar-refractivity contribution in [1.29, 1.82) is 0 Å². The monoisotopic (exact) mass is 388 g/mol. The van der Waals surface area contributed by atoms with Gasteiger partial charge in [-0.25, -0.2) is 19.9 Å². The van der Waals surface area contributed by atoms with E-state index in [4.69, 9.17) is 5.11 Å².